The fourth-order valence-electron chi connectivity index (χ4n) is 4.32. The molecule has 3 rings (SSSR count). The number of carbonyl (C=O) groups is 2. The number of nitrogens with two attached hydrogens (primary N) is 2. The summed E-state index contributed by atoms with van der Waals surface area (Å²) in [5, 5.41) is 7.84. The molecule has 0 radical (unpaired) electrons. The second kappa shape index (κ2) is 8.70. The maximum Gasteiger partial charge on any atom is 0.337 e. The van der Waals surface area contributed by atoms with Crippen LogP contribution in [-0.4, -0.2) is 35.5 Å². The first kappa shape index (κ1) is 24.0. The number of rotatable bonds is 5. The van der Waals surface area contributed by atoms with E-state index in [0.717, 1.165) is 36.7 Å². The lowest BCUT2D eigenvalue weighted by Crippen LogP contribution is -2.54. The van der Waals surface area contributed by atoms with Crippen LogP contribution >= 0.6 is 0 Å². The summed E-state index contributed by atoms with van der Waals surface area (Å²) in [6, 6.07) is 2.13. The SMILES string of the molecule is CC(C)(C)[C@H](NC(=O)n1c(=O)n(CC2CCCCC2)c2cc(S(N)(=O)=O)ccc21)C(N)=O. The zero-order valence-electron chi connectivity index (χ0n) is 18.6. The van der Waals surface area contributed by atoms with Crippen LogP contribution in [0.5, 0.6) is 0 Å². The highest BCUT2D eigenvalue weighted by molar-refractivity contribution is 7.89. The minimum atomic E-state index is -4.00. The van der Waals surface area contributed by atoms with Gasteiger partial charge in [-0.1, -0.05) is 40.0 Å². The summed E-state index contributed by atoms with van der Waals surface area (Å²) < 4.78 is 26.1. The van der Waals surface area contributed by atoms with Crippen molar-refractivity contribution in [1.29, 1.82) is 0 Å². The van der Waals surface area contributed by atoms with Crippen LogP contribution in [0.2, 0.25) is 0 Å². The van der Waals surface area contributed by atoms with E-state index >= 15 is 0 Å². The number of carbonyl (C=O) groups excluding carboxylic acids is 2. The molecule has 0 saturated heterocycles. The van der Waals surface area contributed by atoms with E-state index in [4.69, 9.17) is 10.9 Å². The molecule has 1 saturated carbocycles. The number of hydrogen-bond acceptors (Lipinski definition) is 5. The van der Waals surface area contributed by atoms with Gasteiger partial charge in [0.25, 0.3) is 0 Å². The molecule has 0 unspecified atom stereocenters. The van der Waals surface area contributed by atoms with Crippen LogP contribution in [0, 0.1) is 11.3 Å². The summed E-state index contributed by atoms with van der Waals surface area (Å²) in [4.78, 5) is 38.2. The molecular formula is C21H31N5O5S. The molecule has 176 valence electrons. The van der Waals surface area contributed by atoms with Crippen LogP contribution in [-0.2, 0) is 21.4 Å². The Morgan fingerprint density at radius 2 is 1.78 bits per heavy atom. The number of aromatic nitrogens is 2. The zero-order chi connectivity index (χ0) is 23.8. The van der Waals surface area contributed by atoms with Gasteiger partial charge in [-0.15, -0.1) is 0 Å². The van der Waals surface area contributed by atoms with E-state index in [-0.39, 0.29) is 16.3 Å². The Morgan fingerprint density at radius 3 is 2.31 bits per heavy atom. The third-order valence-electron chi connectivity index (χ3n) is 6.02. The number of benzene rings is 1. The first-order valence-corrected chi connectivity index (χ1v) is 12.2. The van der Waals surface area contributed by atoms with Gasteiger partial charge in [-0.05, 0) is 42.4 Å². The number of nitrogens with zero attached hydrogens (tertiary/aromatic N) is 2. The highest BCUT2D eigenvalue weighted by Crippen LogP contribution is 2.27. The zero-order valence-corrected chi connectivity index (χ0v) is 19.4. The predicted molar refractivity (Wildman–Crippen MR) is 121 cm³/mol. The van der Waals surface area contributed by atoms with Gasteiger partial charge < -0.3 is 11.1 Å². The number of primary amides is 1. The molecule has 2 aromatic rings. The topological polar surface area (TPSA) is 159 Å². The maximum absolute atomic E-state index is 13.3. The minimum absolute atomic E-state index is 0.148. The Kier molecular flexibility index (Phi) is 6.52. The number of nitrogens with one attached hydrogen (secondary N) is 1. The molecule has 1 aliphatic rings. The molecule has 1 aromatic carbocycles. The summed E-state index contributed by atoms with van der Waals surface area (Å²) in [6.07, 6.45) is 5.17. The fraction of sp³-hybridized carbons (Fsp3) is 0.571. The van der Waals surface area contributed by atoms with E-state index in [1.165, 1.54) is 22.8 Å². The lowest BCUT2D eigenvalue weighted by atomic mass is 9.86. The molecule has 5 N–H and O–H groups in total. The van der Waals surface area contributed by atoms with Crippen LogP contribution in [0.3, 0.4) is 0 Å². The summed E-state index contributed by atoms with van der Waals surface area (Å²) >= 11 is 0. The van der Waals surface area contributed by atoms with Gasteiger partial charge in [0, 0.05) is 6.54 Å². The standard InChI is InChI=1S/C21H31N5O5S/c1-21(2,3)17(18(22)27)24-19(28)26-15-10-9-14(32(23,30)31)11-16(15)25(20(26)29)12-13-7-5-4-6-8-13/h9-11,13,17H,4-8,12H2,1-3H3,(H2,22,27)(H,24,28)(H2,23,30,31)/t17-/m1/s1. The lowest BCUT2D eigenvalue weighted by molar-refractivity contribution is -0.122. The maximum atomic E-state index is 13.3. The molecule has 1 fully saturated rings. The van der Waals surface area contributed by atoms with Crippen molar-refractivity contribution in [3.05, 3.63) is 28.7 Å². The van der Waals surface area contributed by atoms with Crippen molar-refractivity contribution in [2.75, 3.05) is 0 Å². The third kappa shape index (κ3) is 4.88. The largest absolute Gasteiger partial charge is 0.368 e. The van der Waals surface area contributed by atoms with Crippen molar-refractivity contribution in [3.8, 4) is 0 Å². The van der Waals surface area contributed by atoms with Crippen molar-refractivity contribution < 1.29 is 18.0 Å². The molecular weight excluding hydrogens is 434 g/mol. The Bertz CT molecular complexity index is 1200. The van der Waals surface area contributed by atoms with E-state index in [1.807, 2.05) is 0 Å². The number of amides is 2. The van der Waals surface area contributed by atoms with Crippen LogP contribution in [0.15, 0.2) is 27.9 Å². The number of fused-ring (bicyclic) bond motifs is 1. The molecule has 0 spiro atoms. The van der Waals surface area contributed by atoms with Crippen molar-refractivity contribution in [3.63, 3.8) is 0 Å². The van der Waals surface area contributed by atoms with Crippen LogP contribution in [0.4, 0.5) is 4.79 Å². The van der Waals surface area contributed by atoms with Gasteiger partial charge in [0.2, 0.25) is 15.9 Å². The monoisotopic (exact) mass is 465 g/mol. The van der Waals surface area contributed by atoms with Crippen LogP contribution in [0.1, 0.15) is 52.9 Å². The van der Waals surface area contributed by atoms with Crippen molar-refractivity contribution in [1.82, 2.24) is 14.5 Å². The Hall–Kier alpha value is -2.66. The average Bonchev–Trinajstić information content (AvgIpc) is 2.96. The van der Waals surface area contributed by atoms with Gasteiger partial charge in [-0.3, -0.25) is 9.36 Å². The van der Waals surface area contributed by atoms with E-state index in [9.17, 15) is 22.8 Å². The summed E-state index contributed by atoms with van der Waals surface area (Å²) in [5.41, 5.74) is 4.72. The second-order valence-corrected chi connectivity index (χ2v) is 11.1. The van der Waals surface area contributed by atoms with Crippen LogP contribution in [0.25, 0.3) is 11.0 Å². The molecule has 10 nitrogen and oxygen atoms in total. The minimum Gasteiger partial charge on any atom is -0.368 e. The first-order valence-electron chi connectivity index (χ1n) is 10.7. The van der Waals surface area contributed by atoms with Gasteiger partial charge in [0.15, 0.2) is 0 Å². The number of hydrogen-bond donors (Lipinski definition) is 3. The Labute approximate surface area is 187 Å². The molecule has 0 aliphatic heterocycles. The van der Waals surface area contributed by atoms with Crippen molar-refractivity contribution >= 4 is 33.0 Å². The fourth-order valence-corrected chi connectivity index (χ4v) is 4.85. The van der Waals surface area contributed by atoms with Crippen molar-refractivity contribution in [2.24, 2.45) is 22.2 Å². The number of sulfonamides is 1. The van der Waals surface area contributed by atoms with Gasteiger partial charge in [-0.2, -0.15) is 0 Å². The highest BCUT2D eigenvalue weighted by Gasteiger charge is 2.33. The number of primary sulfonamides is 1. The van der Waals surface area contributed by atoms with Gasteiger partial charge in [-0.25, -0.2) is 27.7 Å². The first-order chi connectivity index (χ1) is 14.8. The lowest BCUT2D eigenvalue weighted by Gasteiger charge is -2.28. The quantitative estimate of drug-likeness (QED) is 0.609. The Balaban J connectivity index is 2.13. The third-order valence-corrected chi connectivity index (χ3v) is 6.93. The van der Waals surface area contributed by atoms with Crippen LogP contribution < -0.4 is 21.9 Å². The second-order valence-electron chi connectivity index (χ2n) is 9.58. The normalized spacial score (nSPS) is 16.8. The molecule has 32 heavy (non-hydrogen) atoms. The molecule has 0 bridgehead atoms. The van der Waals surface area contributed by atoms with E-state index in [1.54, 1.807) is 20.8 Å². The Morgan fingerprint density at radius 1 is 1.16 bits per heavy atom. The van der Waals surface area contributed by atoms with E-state index in [0.29, 0.717) is 12.1 Å². The molecule has 2 amide bonds. The number of imidazole rings is 1. The average molecular weight is 466 g/mol. The molecule has 11 heteroatoms. The van der Waals surface area contributed by atoms with Gasteiger partial charge in [0.1, 0.15) is 6.04 Å². The summed E-state index contributed by atoms with van der Waals surface area (Å²) in [5.74, 6) is -0.476. The van der Waals surface area contributed by atoms with Gasteiger partial charge >= 0.3 is 11.7 Å². The highest BCUT2D eigenvalue weighted by atomic mass is 32.2. The molecule has 1 heterocycles. The smallest absolute Gasteiger partial charge is 0.337 e. The van der Waals surface area contributed by atoms with E-state index in [2.05, 4.69) is 5.32 Å². The summed E-state index contributed by atoms with van der Waals surface area (Å²) in [6.45, 7) is 5.60. The molecule has 1 atom stereocenters. The summed E-state index contributed by atoms with van der Waals surface area (Å²) in [7, 11) is -4.00. The molecule has 1 aliphatic carbocycles. The van der Waals surface area contributed by atoms with E-state index < -0.39 is 39.1 Å². The molecule has 1 aromatic heterocycles. The van der Waals surface area contributed by atoms with Gasteiger partial charge in [0.05, 0.1) is 15.9 Å². The van der Waals surface area contributed by atoms with Crippen molar-refractivity contribution in [2.45, 2.75) is 70.4 Å². The predicted octanol–water partition coefficient (Wildman–Crippen LogP) is 1.49.